The van der Waals surface area contributed by atoms with E-state index in [0.717, 1.165) is 27.7 Å². The van der Waals surface area contributed by atoms with Crippen LogP contribution in [0.4, 0.5) is 15.3 Å². The molecule has 9 amide bonds. The molecule has 0 saturated heterocycles. The first kappa shape index (κ1) is 85.3. The number of methoxy groups -OCH3 is 1. The van der Waals surface area contributed by atoms with Crippen LogP contribution in [0.1, 0.15) is 104 Å². The maximum atomic E-state index is 14.2. The number of nitrogens with two attached hydrogens (primary N) is 1. The number of pyridine rings is 1. The number of carboxylic acid groups (broad SMARTS) is 5. The highest BCUT2D eigenvalue weighted by molar-refractivity contribution is 8.76. The summed E-state index contributed by atoms with van der Waals surface area (Å²) in [6.07, 6.45) is -0.708. The Morgan fingerprint density at radius 1 is 0.556 bits per heavy atom. The van der Waals surface area contributed by atoms with Crippen molar-refractivity contribution in [2.24, 2.45) is 5.73 Å². The first-order valence-corrected chi connectivity index (χ1v) is 36.5. The molecule has 1 heterocycles. The van der Waals surface area contributed by atoms with Gasteiger partial charge in [0.1, 0.15) is 54.6 Å². The number of nitrogens with one attached hydrogen (secondary N) is 9. The number of urea groups is 1. The lowest BCUT2D eigenvalue weighted by Crippen LogP contribution is -2.58. The summed E-state index contributed by atoms with van der Waals surface area (Å²) in [5, 5.41) is 80.8. The predicted molar refractivity (Wildman–Crippen MR) is 389 cm³/mol. The quantitative estimate of drug-likeness (QED) is 0.0113. The van der Waals surface area contributed by atoms with E-state index in [9.17, 15) is 102 Å². The van der Waals surface area contributed by atoms with Crippen molar-refractivity contribution in [3.05, 3.63) is 140 Å². The van der Waals surface area contributed by atoms with E-state index in [0.29, 0.717) is 60.2 Å². The number of aliphatic carboxylic acids is 5. The van der Waals surface area contributed by atoms with Crippen molar-refractivity contribution in [1.82, 2.24) is 52.4 Å². The third-order valence-electron chi connectivity index (χ3n) is 16.7. The monoisotopic (exact) mass is 1540 g/mol. The fraction of sp³-hybridized carbons (Fsp3) is 0.414. The normalized spacial score (nSPS) is 13.2. The maximum Gasteiger partial charge on any atom is 0.407 e. The molecule has 0 spiro atoms. The number of hydrogen-bond donors (Lipinski definition) is 15. The van der Waals surface area contributed by atoms with Crippen LogP contribution in [0.5, 0.6) is 5.75 Å². The molecule has 108 heavy (non-hydrogen) atoms. The second-order valence-corrected chi connectivity index (χ2v) is 27.3. The summed E-state index contributed by atoms with van der Waals surface area (Å²) in [6.45, 7) is -0.606. The lowest BCUT2D eigenvalue weighted by Gasteiger charge is -2.24. The van der Waals surface area contributed by atoms with Crippen LogP contribution < -0.4 is 63.9 Å². The van der Waals surface area contributed by atoms with E-state index in [1.807, 2.05) is 5.32 Å². The topological polar surface area (TPSA) is 558 Å². The average molecular weight is 1540 g/mol. The summed E-state index contributed by atoms with van der Waals surface area (Å²) in [4.78, 5) is 203. The second-order valence-electron chi connectivity index (χ2n) is 24.6. The Balaban J connectivity index is 0.927. The zero-order valence-electron chi connectivity index (χ0n) is 58.4. The number of benzene rings is 4. The van der Waals surface area contributed by atoms with Gasteiger partial charge in [0.2, 0.25) is 35.4 Å². The molecule has 1 aromatic heterocycles. The van der Waals surface area contributed by atoms with Crippen molar-refractivity contribution < 1.29 is 107 Å². The van der Waals surface area contributed by atoms with Crippen LogP contribution in [0, 0.1) is 10.1 Å². The van der Waals surface area contributed by atoms with E-state index in [2.05, 4.69) is 42.5 Å². The zero-order valence-corrected chi connectivity index (χ0v) is 60.0. The Bertz CT molecular complexity index is 4170. The summed E-state index contributed by atoms with van der Waals surface area (Å²) >= 11 is 0. The molecule has 0 unspecified atom stereocenters. The minimum Gasteiger partial charge on any atom is -0.497 e. The van der Waals surface area contributed by atoms with E-state index in [1.165, 1.54) is 29.9 Å². The fourth-order valence-electron chi connectivity index (χ4n) is 11.1. The summed E-state index contributed by atoms with van der Waals surface area (Å²) in [7, 11) is 3.44. The number of nitrogens with zero attached hydrogens (tertiary/aromatic N) is 2. The lowest BCUT2D eigenvalue weighted by molar-refractivity contribution is -0.384. The number of nitro groups is 1. The van der Waals surface area contributed by atoms with Crippen LogP contribution in [-0.2, 0) is 76.9 Å². The number of alkyl carbamates (subject to hydrolysis) is 1. The van der Waals surface area contributed by atoms with Crippen molar-refractivity contribution in [2.75, 3.05) is 44.9 Å². The third kappa shape index (κ3) is 27.0. The summed E-state index contributed by atoms with van der Waals surface area (Å²) in [6, 6.07) is 13.7. The molecule has 0 radical (unpaired) electrons. The van der Waals surface area contributed by atoms with Gasteiger partial charge in [-0.15, -0.1) is 0 Å². The fourth-order valence-corrected chi connectivity index (χ4v) is 13.1. The number of ketones is 1. The summed E-state index contributed by atoms with van der Waals surface area (Å²) < 4.78 is 11.9. The Kier molecular flexibility index (Phi) is 34.0. The molecule has 0 aliphatic heterocycles. The summed E-state index contributed by atoms with van der Waals surface area (Å²) in [5.74, 6) is -12.5. The SMILES string of the molecule is COc1ccc2c(c1)C(=O)c1c-2n(CCCNC(=O)OCCSSC[C@H](NC(=O)[C@H](CC(=O)O)NC(=O)[C@@H](N)CNC(=O)[C@H](Cc2ccccc2)NC(=O)[C@H](Cc2ccccc2)NC(=O)CCCCCCCNC(=O)CC[C@H](NC(=O)N[C@@H](CCC(=O)O)C(=O)O)C(=O)O)C(=O)O)c(=O)c2cc([N+](=O)[O-])ccc12. The van der Waals surface area contributed by atoms with Gasteiger partial charge in [-0.3, -0.25) is 58.1 Å². The van der Waals surface area contributed by atoms with Gasteiger partial charge in [0, 0.05) is 98.4 Å². The van der Waals surface area contributed by atoms with E-state index < -0.39 is 162 Å². The third-order valence-corrected chi connectivity index (χ3v) is 19.1. The molecule has 6 rings (SSSR count). The smallest absolute Gasteiger partial charge is 0.407 e. The number of carbonyl (C=O) groups is 14. The van der Waals surface area contributed by atoms with Crippen LogP contribution >= 0.6 is 21.6 Å². The van der Waals surface area contributed by atoms with Gasteiger partial charge in [0.15, 0.2) is 5.78 Å². The molecule has 16 N–H and O–H groups in total. The van der Waals surface area contributed by atoms with Crippen LogP contribution in [-0.4, -0.2) is 205 Å². The lowest BCUT2D eigenvalue weighted by atomic mass is 10.0. The van der Waals surface area contributed by atoms with Gasteiger partial charge in [-0.2, -0.15) is 0 Å². The number of amides is 9. The van der Waals surface area contributed by atoms with Gasteiger partial charge in [-0.25, -0.2) is 24.0 Å². The number of aromatic nitrogens is 1. The van der Waals surface area contributed by atoms with Gasteiger partial charge >= 0.3 is 42.0 Å². The Labute approximate surface area is 624 Å². The molecule has 0 saturated carbocycles. The van der Waals surface area contributed by atoms with Gasteiger partial charge < -0.3 is 93.2 Å². The molecule has 580 valence electrons. The van der Waals surface area contributed by atoms with Gasteiger partial charge in [0.25, 0.3) is 11.2 Å². The van der Waals surface area contributed by atoms with Crippen LogP contribution in [0.2, 0.25) is 0 Å². The molecule has 5 aromatic rings. The van der Waals surface area contributed by atoms with Crippen molar-refractivity contribution in [1.29, 1.82) is 0 Å². The number of rotatable bonds is 47. The molecule has 36 nitrogen and oxygen atoms in total. The number of non-ortho nitro benzene ring substituents is 1. The largest absolute Gasteiger partial charge is 0.497 e. The highest BCUT2D eigenvalue weighted by atomic mass is 33.1. The standard InChI is InChI=1S/C70H84N12O24S2/c1-105-42-20-22-44-45(35-42)60(89)58-43-21-19-41(82(103)104)34-46(43)65(94)81(59(44)58)29-13-28-73-70(102)106-30-31-107-108-38-53(68(99)100)78-64(93)52(36-57(87)88)76-61(90)47(71)37-74-62(91)50(32-39-14-7-5-8-15-39)77-63(92)51(33-40-16-9-6-10-17-40)75-55(84)18-11-3-2-4-12-27-72-54(83)25-23-48(66(95)96)79-69(101)80-49(67(97)98)24-26-56(85)86/h5-10,14-17,19-22,34-35,47-53H,2-4,11-13,18,23-33,36-38,71H2,1H3,(H,72,83)(H,73,102)(H,74,91)(H,75,84)(H,76,90)(H,77,92)(H,78,93)(H,85,86)(H,87,88)(H,95,96)(H,97,98)(H,99,100)(H2,79,80,101)/t47-,48-,49-,50-,51-,52-,53-/m0/s1. The highest BCUT2D eigenvalue weighted by Gasteiger charge is 2.36. The van der Waals surface area contributed by atoms with Crippen molar-refractivity contribution in [2.45, 2.75) is 139 Å². The maximum absolute atomic E-state index is 14.2. The van der Waals surface area contributed by atoms with E-state index >= 15 is 0 Å². The summed E-state index contributed by atoms with van der Waals surface area (Å²) in [5.41, 5.74) is 7.71. The molecule has 38 heteroatoms. The van der Waals surface area contributed by atoms with Gasteiger partial charge in [-0.1, -0.05) is 102 Å². The number of nitro benzene ring substituents is 1. The molecular weight excluding hydrogens is 1460 g/mol. The van der Waals surface area contributed by atoms with Crippen LogP contribution in [0.25, 0.3) is 22.0 Å². The van der Waals surface area contributed by atoms with E-state index in [1.54, 1.807) is 72.8 Å². The van der Waals surface area contributed by atoms with Crippen molar-refractivity contribution >= 4 is 121 Å². The Morgan fingerprint density at radius 3 is 1.75 bits per heavy atom. The average Bonchev–Trinajstić information content (AvgIpc) is 1.54. The Morgan fingerprint density at radius 2 is 1.14 bits per heavy atom. The molecule has 1 aliphatic rings. The number of fused-ring (bicyclic) bond motifs is 5. The van der Waals surface area contributed by atoms with Gasteiger partial charge in [-0.05, 0) is 67.5 Å². The minimum absolute atomic E-state index is 0.00469. The molecule has 4 aromatic carbocycles. The van der Waals surface area contributed by atoms with Crippen LogP contribution in [0.3, 0.4) is 0 Å². The molecule has 1 aliphatic carbocycles. The highest BCUT2D eigenvalue weighted by Crippen LogP contribution is 2.41. The molecule has 0 fully saturated rings. The number of unbranched alkanes of at least 4 members (excludes halogenated alkanes) is 4. The first-order valence-electron chi connectivity index (χ1n) is 34.1. The molecule has 7 atom stereocenters. The number of hydrogen-bond acceptors (Lipinski definition) is 22. The van der Waals surface area contributed by atoms with Crippen molar-refractivity contribution in [3.8, 4) is 17.0 Å². The predicted octanol–water partition coefficient (Wildman–Crippen LogP) is 2.36. The Hall–Kier alpha value is -11.7. The number of carbonyl (C=O) groups excluding carboxylic acids is 9. The van der Waals surface area contributed by atoms with Gasteiger partial charge in [0.05, 0.1) is 35.1 Å². The molecular formula is C70H84N12O24S2. The van der Waals surface area contributed by atoms with Crippen molar-refractivity contribution in [3.63, 3.8) is 0 Å². The number of carboxylic acids is 5. The van der Waals surface area contributed by atoms with E-state index in [-0.39, 0.29) is 104 Å². The number of ether oxygens (including phenoxy) is 2. The second kappa shape index (κ2) is 43.1. The minimum atomic E-state index is -1.87. The zero-order chi connectivity index (χ0) is 79.0. The first-order chi connectivity index (χ1) is 51.5. The molecule has 0 bridgehead atoms. The van der Waals surface area contributed by atoms with E-state index in [4.69, 9.17) is 20.3 Å². The van der Waals surface area contributed by atoms with Crippen LogP contribution in [0.15, 0.2) is 102 Å².